The molecule has 10 nitrogen and oxygen atoms in total. The zero-order valence-electron chi connectivity index (χ0n) is 23.1. The number of aromatic hydroxyl groups is 1. The number of esters is 1. The number of benzene rings is 3. The summed E-state index contributed by atoms with van der Waals surface area (Å²) in [6, 6.07) is 15.9. The molecule has 1 amide bonds. The number of ketones is 1. The number of phenolic OH excluding ortho intramolecular Hbond substituents is 1. The van der Waals surface area contributed by atoms with Crippen molar-refractivity contribution >= 4 is 51.3 Å². The smallest absolute Gasteiger partial charge is 0.329 e. The maximum absolute atomic E-state index is 13.0. The molecule has 0 aliphatic carbocycles. The number of methoxy groups -OCH3 is 1. The van der Waals surface area contributed by atoms with Crippen molar-refractivity contribution in [1.29, 1.82) is 0 Å². The third kappa shape index (κ3) is 5.86. The number of ether oxygens (including phenoxy) is 1. The molecule has 214 valence electrons. The van der Waals surface area contributed by atoms with Crippen LogP contribution in [0, 0.1) is 12.8 Å². The van der Waals surface area contributed by atoms with Gasteiger partial charge in [-0.3, -0.25) is 18.4 Å². The van der Waals surface area contributed by atoms with Gasteiger partial charge in [0.25, 0.3) is 17.2 Å². The van der Waals surface area contributed by atoms with E-state index in [4.69, 9.17) is 9.15 Å². The van der Waals surface area contributed by atoms with Gasteiger partial charge in [-0.2, -0.15) is 0 Å². The summed E-state index contributed by atoms with van der Waals surface area (Å²) in [5, 5.41) is 13.6. The van der Waals surface area contributed by atoms with Crippen LogP contribution in [0.15, 0.2) is 65.1 Å². The molecule has 3 aromatic carbocycles. The Hall–Kier alpha value is -4.48. The fraction of sp³-hybridized carbons (Fsp3) is 0.233. The van der Waals surface area contributed by atoms with Gasteiger partial charge in [0, 0.05) is 11.3 Å². The number of aryl methyl sites for hydroxylation is 1. The van der Waals surface area contributed by atoms with E-state index in [1.54, 1.807) is 75.4 Å². The van der Waals surface area contributed by atoms with Gasteiger partial charge >= 0.3 is 5.97 Å². The van der Waals surface area contributed by atoms with Gasteiger partial charge < -0.3 is 19.6 Å². The predicted molar refractivity (Wildman–Crippen MR) is 156 cm³/mol. The number of phenols is 1. The largest absolute Gasteiger partial charge is 0.506 e. The minimum atomic E-state index is -2.46. The molecule has 3 N–H and O–H groups in total. The fourth-order valence-corrected chi connectivity index (χ4v) is 5.49. The van der Waals surface area contributed by atoms with Crippen molar-refractivity contribution < 1.29 is 37.4 Å². The lowest BCUT2D eigenvalue weighted by Crippen LogP contribution is -2.46. The monoisotopic (exact) mass is 578 g/mol. The van der Waals surface area contributed by atoms with Crippen LogP contribution in [0.1, 0.15) is 47.2 Å². The second-order valence-electron chi connectivity index (χ2n) is 9.79. The Kier molecular flexibility index (Phi) is 8.60. The number of Topliss-reactive ketones (excluding diaryl/α,β-unsaturated/α-hetero) is 1. The van der Waals surface area contributed by atoms with E-state index >= 15 is 0 Å². The van der Waals surface area contributed by atoms with Crippen molar-refractivity contribution in [3.63, 3.8) is 0 Å². The van der Waals surface area contributed by atoms with Gasteiger partial charge in [-0.05, 0) is 67.3 Å². The van der Waals surface area contributed by atoms with Crippen LogP contribution in [0.5, 0.6) is 5.75 Å². The molecule has 0 fully saturated rings. The van der Waals surface area contributed by atoms with Crippen molar-refractivity contribution in [3.8, 4) is 16.9 Å². The van der Waals surface area contributed by atoms with Crippen LogP contribution in [0.25, 0.3) is 22.1 Å². The Morgan fingerprint density at radius 3 is 2.07 bits per heavy atom. The number of furan rings is 1. The molecule has 1 heterocycles. The number of rotatable bonds is 9. The first-order valence-corrected chi connectivity index (χ1v) is 13.8. The van der Waals surface area contributed by atoms with Crippen LogP contribution in [0.2, 0.25) is 0 Å². The highest BCUT2D eigenvalue weighted by Gasteiger charge is 2.34. The Labute approximate surface area is 239 Å². The van der Waals surface area contributed by atoms with E-state index in [2.05, 4.69) is 5.32 Å². The Morgan fingerprint density at radius 1 is 0.976 bits per heavy atom. The minimum absolute atomic E-state index is 0.0214. The lowest BCUT2D eigenvalue weighted by molar-refractivity contribution is -0.142. The Morgan fingerprint density at radius 2 is 1.56 bits per heavy atom. The summed E-state index contributed by atoms with van der Waals surface area (Å²) in [7, 11) is 1.24. The van der Waals surface area contributed by atoms with Gasteiger partial charge in [-0.15, -0.1) is 0 Å². The third-order valence-corrected chi connectivity index (χ3v) is 7.52. The molecule has 0 aliphatic heterocycles. The number of amides is 1. The summed E-state index contributed by atoms with van der Waals surface area (Å²) in [5.74, 6) is -1.90. The number of nitrogens with one attached hydrogen (secondary N) is 1. The average molecular weight is 579 g/mol. The summed E-state index contributed by atoms with van der Waals surface area (Å²) < 4.78 is 33.7. The standard InChI is InChI=1S/C30H30N2O8S/c1-16(2)26(30(36)39-5)32(41(37)38)22-12-8-20(9-13-22)19-6-10-21(11-7-19)31-29(35)28-17(3)25-24(40-28)15-14-23(18(4)33)27(25)34/h6-16,26,34H,1-5H3,(H,31,35)(H,37,38). The highest BCUT2D eigenvalue weighted by Crippen LogP contribution is 2.36. The van der Waals surface area contributed by atoms with E-state index < -0.39 is 29.2 Å². The Balaban J connectivity index is 1.53. The molecule has 2 atom stereocenters. The van der Waals surface area contributed by atoms with Gasteiger partial charge in [0.1, 0.15) is 17.4 Å². The molecular weight excluding hydrogens is 548 g/mol. The van der Waals surface area contributed by atoms with Crippen molar-refractivity contribution in [2.24, 2.45) is 5.92 Å². The highest BCUT2D eigenvalue weighted by atomic mass is 32.2. The van der Waals surface area contributed by atoms with Crippen LogP contribution in [0.3, 0.4) is 0 Å². The van der Waals surface area contributed by atoms with Crippen LogP contribution in [0.4, 0.5) is 11.4 Å². The maximum Gasteiger partial charge on any atom is 0.329 e. The van der Waals surface area contributed by atoms with E-state index in [0.717, 1.165) is 15.4 Å². The summed E-state index contributed by atoms with van der Waals surface area (Å²) in [5.41, 5.74) is 3.37. The van der Waals surface area contributed by atoms with Gasteiger partial charge in [0.05, 0.1) is 23.7 Å². The molecule has 0 spiro atoms. The summed E-state index contributed by atoms with van der Waals surface area (Å²) in [6.45, 7) is 6.51. The topological polar surface area (TPSA) is 146 Å². The highest BCUT2D eigenvalue weighted by molar-refractivity contribution is 7.80. The number of anilines is 2. The number of fused-ring (bicyclic) bond motifs is 1. The molecule has 11 heteroatoms. The second kappa shape index (κ2) is 11.9. The molecule has 4 rings (SSSR count). The molecule has 2 unspecified atom stereocenters. The van der Waals surface area contributed by atoms with Gasteiger partial charge in [-0.1, -0.05) is 38.1 Å². The van der Waals surface area contributed by atoms with Gasteiger partial charge in [-0.25, -0.2) is 9.00 Å². The first kappa shape index (κ1) is 29.5. The molecule has 4 aromatic rings. The lowest BCUT2D eigenvalue weighted by Gasteiger charge is -2.30. The zero-order valence-corrected chi connectivity index (χ0v) is 23.9. The average Bonchev–Trinajstić information content (AvgIpc) is 3.28. The number of carbonyl (C=O) groups is 3. The third-order valence-electron chi connectivity index (χ3n) is 6.75. The minimum Gasteiger partial charge on any atom is -0.506 e. The number of hydrogen-bond donors (Lipinski definition) is 3. The van der Waals surface area contributed by atoms with Crippen LogP contribution in [-0.2, 0) is 20.8 Å². The fourth-order valence-electron chi connectivity index (χ4n) is 4.66. The molecular formula is C30H30N2O8S. The number of carbonyl (C=O) groups excluding carboxylic acids is 3. The molecule has 0 saturated heterocycles. The molecule has 41 heavy (non-hydrogen) atoms. The van der Waals surface area contributed by atoms with Crippen molar-refractivity contribution in [3.05, 3.63) is 77.6 Å². The van der Waals surface area contributed by atoms with E-state index in [-0.39, 0.29) is 28.8 Å². The molecule has 1 aromatic heterocycles. The Bertz CT molecular complexity index is 1640. The van der Waals surface area contributed by atoms with E-state index in [1.807, 2.05) is 0 Å². The molecule has 0 bridgehead atoms. The number of nitrogens with zero attached hydrogens (tertiary/aromatic N) is 1. The molecule has 0 radical (unpaired) electrons. The van der Waals surface area contributed by atoms with Crippen LogP contribution >= 0.6 is 0 Å². The van der Waals surface area contributed by atoms with Crippen LogP contribution in [-0.4, -0.2) is 44.7 Å². The van der Waals surface area contributed by atoms with Crippen molar-refractivity contribution in [2.75, 3.05) is 16.7 Å². The van der Waals surface area contributed by atoms with Gasteiger partial charge in [0.2, 0.25) is 0 Å². The normalized spacial score (nSPS) is 12.7. The zero-order chi connectivity index (χ0) is 30.0. The number of hydrogen-bond acceptors (Lipinski definition) is 7. The predicted octanol–water partition coefficient (Wildman–Crippen LogP) is 5.71. The summed E-state index contributed by atoms with van der Waals surface area (Å²) in [4.78, 5) is 37.1. The maximum atomic E-state index is 13.0. The quantitative estimate of drug-likeness (QED) is 0.130. The first-order chi connectivity index (χ1) is 19.4. The van der Waals surface area contributed by atoms with E-state index in [0.29, 0.717) is 27.9 Å². The van der Waals surface area contributed by atoms with Gasteiger partial charge in [0.15, 0.2) is 11.5 Å². The summed E-state index contributed by atoms with van der Waals surface area (Å²) >= 11 is -2.46. The molecule has 0 aliphatic rings. The first-order valence-electron chi connectivity index (χ1n) is 12.7. The SMILES string of the molecule is COC(=O)C(C(C)C)N(c1ccc(-c2ccc(NC(=O)c3oc4ccc(C(C)=O)c(O)c4c3C)cc2)cc1)S(=O)O. The van der Waals surface area contributed by atoms with E-state index in [1.165, 1.54) is 20.1 Å². The lowest BCUT2D eigenvalue weighted by atomic mass is 10.0. The van der Waals surface area contributed by atoms with E-state index in [9.17, 15) is 28.3 Å². The molecule has 0 saturated carbocycles. The van der Waals surface area contributed by atoms with Crippen LogP contribution < -0.4 is 9.62 Å². The van der Waals surface area contributed by atoms with Crippen molar-refractivity contribution in [2.45, 2.75) is 33.7 Å². The van der Waals surface area contributed by atoms with Crippen molar-refractivity contribution in [1.82, 2.24) is 0 Å². The summed E-state index contributed by atoms with van der Waals surface area (Å²) in [6.07, 6.45) is 0. The second-order valence-corrected chi connectivity index (χ2v) is 10.6.